The van der Waals surface area contributed by atoms with Crippen LogP contribution in [0.4, 0.5) is 24.0 Å². The lowest BCUT2D eigenvalue weighted by atomic mass is 10.1. The van der Waals surface area contributed by atoms with Gasteiger partial charge in [0.25, 0.3) is 5.91 Å². The number of H-pyrrole nitrogens is 1. The molecular formula is C19H15Cl2F3N4O4S. The van der Waals surface area contributed by atoms with Crippen molar-refractivity contribution in [2.75, 3.05) is 29.9 Å². The van der Waals surface area contributed by atoms with Crippen molar-refractivity contribution in [1.29, 1.82) is 0 Å². The van der Waals surface area contributed by atoms with Gasteiger partial charge in [-0.05, 0) is 19.1 Å². The third kappa shape index (κ3) is 4.60. The molecule has 2 aromatic heterocycles. The molecule has 1 atom stereocenters. The number of carboxylic acid groups (broad SMARTS) is 1. The van der Waals surface area contributed by atoms with E-state index in [4.69, 9.17) is 27.9 Å². The Morgan fingerprint density at radius 2 is 2.06 bits per heavy atom. The summed E-state index contributed by atoms with van der Waals surface area (Å²) in [5.41, 5.74) is 0.858. The molecule has 3 aromatic rings. The fraction of sp³-hybridized carbons (Fsp3) is 0.316. The minimum absolute atomic E-state index is 0.0195. The van der Waals surface area contributed by atoms with Crippen LogP contribution < -0.4 is 10.2 Å². The van der Waals surface area contributed by atoms with Crippen molar-refractivity contribution >= 4 is 67.5 Å². The predicted octanol–water partition coefficient (Wildman–Crippen LogP) is 4.96. The Bertz CT molecular complexity index is 1260. The molecule has 4 rings (SSSR count). The van der Waals surface area contributed by atoms with Gasteiger partial charge in [-0.25, -0.2) is 9.78 Å². The molecule has 176 valence electrons. The van der Waals surface area contributed by atoms with Crippen molar-refractivity contribution in [3.8, 4) is 0 Å². The number of anilines is 2. The van der Waals surface area contributed by atoms with Crippen LogP contribution in [0, 0.1) is 6.92 Å². The van der Waals surface area contributed by atoms with E-state index in [1.54, 1.807) is 6.92 Å². The Labute approximate surface area is 198 Å². The van der Waals surface area contributed by atoms with E-state index in [0.29, 0.717) is 10.4 Å². The van der Waals surface area contributed by atoms with Crippen molar-refractivity contribution in [1.82, 2.24) is 9.97 Å². The highest BCUT2D eigenvalue weighted by Gasteiger charge is 2.43. The van der Waals surface area contributed by atoms with Gasteiger partial charge < -0.3 is 19.7 Å². The summed E-state index contributed by atoms with van der Waals surface area (Å²) in [6, 6.07) is 2.61. The molecule has 3 N–H and O–H groups in total. The number of carbonyl (C=O) groups excluding carboxylic acids is 1. The van der Waals surface area contributed by atoms with Crippen molar-refractivity contribution < 1.29 is 32.6 Å². The van der Waals surface area contributed by atoms with Crippen molar-refractivity contribution in [3.63, 3.8) is 0 Å². The molecular weight excluding hydrogens is 508 g/mol. The first kappa shape index (κ1) is 23.6. The molecule has 0 bridgehead atoms. The number of aryl methyl sites for hydroxylation is 1. The number of fused-ring (bicyclic) bond motifs is 1. The molecule has 1 aliphatic heterocycles. The summed E-state index contributed by atoms with van der Waals surface area (Å²) in [7, 11) is 0. The number of nitrogens with one attached hydrogen (secondary N) is 2. The second kappa shape index (κ2) is 8.67. The Balaban J connectivity index is 1.71. The number of nitrogens with zero attached hydrogens (tertiary/aromatic N) is 2. The number of morpholine rings is 1. The zero-order chi connectivity index (χ0) is 24.1. The van der Waals surface area contributed by atoms with E-state index in [1.807, 2.05) is 0 Å². The summed E-state index contributed by atoms with van der Waals surface area (Å²) in [4.78, 5) is 32.7. The molecule has 1 aliphatic rings. The molecule has 33 heavy (non-hydrogen) atoms. The zero-order valence-electron chi connectivity index (χ0n) is 16.7. The van der Waals surface area contributed by atoms with Crippen LogP contribution in [0.5, 0.6) is 0 Å². The van der Waals surface area contributed by atoms with E-state index in [-0.39, 0.29) is 50.8 Å². The maximum absolute atomic E-state index is 13.2. The third-order valence-corrected chi connectivity index (χ3v) is 6.86. The minimum atomic E-state index is -4.57. The molecule has 1 fully saturated rings. The number of alkyl halides is 3. The number of carbonyl (C=O) groups is 2. The summed E-state index contributed by atoms with van der Waals surface area (Å²) >= 11 is 13.0. The Kier molecular flexibility index (Phi) is 6.20. The molecule has 0 spiro atoms. The summed E-state index contributed by atoms with van der Waals surface area (Å²) in [6.07, 6.45) is -6.59. The number of hydrogen-bond acceptors (Lipinski definition) is 6. The number of rotatable bonds is 4. The lowest BCUT2D eigenvalue weighted by molar-refractivity contribution is -0.221. The standard InChI is InChI=1S/C19H15Cl2F3N4O4S/c1-7-12(20)13(21)15(25-7)16(29)27-18-26-14-9(4-8(17(30)31)5-10(14)33-18)28-2-3-32-11(6-28)19(22,23)24/h4-5,11,25H,2-3,6H2,1H3,(H,30,31)(H,26,27,29). The maximum atomic E-state index is 13.2. The van der Waals surface area contributed by atoms with Gasteiger partial charge in [-0.3, -0.25) is 10.1 Å². The number of ether oxygens (including phenoxy) is 1. The second-order valence-electron chi connectivity index (χ2n) is 7.22. The van der Waals surface area contributed by atoms with E-state index < -0.39 is 30.7 Å². The van der Waals surface area contributed by atoms with E-state index in [0.717, 1.165) is 11.3 Å². The lowest BCUT2D eigenvalue weighted by Gasteiger charge is -2.35. The summed E-state index contributed by atoms with van der Waals surface area (Å²) in [6.45, 7) is 1.04. The van der Waals surface area contributed by atoms with Gasteiger partial charge in [-0.1, -0.05) is 34.5 Å². The summed E-state index contributed by atoms with van der Waals surface area (Å²) < 4.78 is 44.8. The molecule has 1 aromatic carbocycles. The number of hydrogen-bond donors (Lipinski definition) is 3. The number of halogens is 5. The third-order valence-electron chi connectivity index (χ3n) is 5.00. The summed E-state index contributed by atoms with van der Waals surface area (Å²) in [5.74, 6) is -1.88. The van der Waals surface area contributed by atoms with Gasteiger partial charge in [0.05, 0.1) is 39.1 Å². The molecule has 1 unspecified atom stereocenters. The number of carboxylic acids is 1. The van der Waals surface area contributed by atoms with Crippen LogP contribution in [0.1, 0.15) is 26.5 Å². The molecule has 14 heteroatoms. The first-order chi connectivity index (χ1) is 15.5. The SMILES string of the molecule is Cc1[nH]c(C(=O)Nc2nc3c(N4CCOC(C(F)(F)F)C4)cc(C(=O)O)cc3s2)c(Cl)c1Cl. The molecule has 0 radical (unpaired) electrons. The Hall–Kier alpha value is -2.54. The van der Waals surface area contributed by atoms with Crippen LogP contribution in [0.2, 0.25) is 10.0 Å². The molecule has 3 heterocycles. The summed E-state index contributed by atoms with van der Waals surface area (Å²) in [5, 5.41) is 12.4. The van der Waals surface area contributed by atoms with Crippen LogP contribution in [0.25, 0.3) is 10.2 Å². The largest absolute Gasteiger partial charge is 0.478 e. The number of aromatic nitrogens is 2. The van der Waals surface area contributed by atoms with Gasteiger partial charge in [0.15, 0.2) is 11.2 Å². The second-order valence-corrected chi connectivity index (χ2v) is 9.01. The van der Waals surface area contributed by atoms with E-state index in [9.17, 15) is 27.9 Å². The van der Waals surface area contributed by atoms with Crippen LogP contribution in [0.15, 0.2) is 12.1 Å². The first-order valence-electron chi connectivity index (χ1n) is 9.41. The number of aromatic carboxylic acids is 1. The Morgan fingerprint density at radius 1 is 1.33 bits per heavy atom. The van der Waals surface area contributed by atoms with Crippen LogP contribution in [-0.2, 0) is 4.74 Å². The van der Waals surface area contributed by atoms with Crippen molar-refractivity contribution in [2.24, 2.45) is 0 Å². The van der Waals surface area contributed by atoms with Crippen molar-refractivity contribution in [3.05, 3.63) is 39.1 Å². The maximum Gasteiger partial charge on any atom is 0.416 e. The Morgan fingerprint density at radius 3 is 2.67 bits per heavy atom. The fourth-order valence-electron chi connectivity index (χ4n) is 3.38. The predicted molar refractivity (Wildman–Crippen MR) is 118 cm³/mol. The minimum Gasteiger partial charge on any atom is -0.478 e. The van der Waals surface area contributed by atoms with Gasteiger partial charge in [0.1, 0.15) is 11.2 Å². The van der Waals surface area contributed by atoms with Gasteiger partial charge in [0, 0.05) is 12.2 Å². The normalized spacial score (nSPS) is 16.9. The van der Waals surface area contributed by atoms with Crippen LogP contribution in [-0.4, -0.2) is 58.9 Å². The smallest absolute Gasteiger partial charge is 0.416 e. The molecule has 1 amide bonds. The number of benzene rings is 1. The van der Waals surface area contributed by atoms with E-state index in [1.165, 1.54) is 17.0 Å². The highest BCUT2D eigenvalue weighted by Crippen LogP contribution is 2.37. The quantitative estimate of drug-likeness (QED) is 0.447. The van der Waals surface area contributed by atoms with E-state index >= 15 is 0 Å². The average molecular weight is 523 g/mol. The molecule has 0 aliphatic carbocycles. The molecule has 1 saturated heterocycles. The van der Waals surface area contributed by atoms with Gasteiger partial charge >= 0.3 is 12.1 Å². The van der Waals surface area contributed by atoms with E-state index in [2.05, 4.69) is 15.3 Å². The first-order valence-corrected chi connectivity index (χ1v) is 11.0. The molecule has 0 saturated carbocycles. The van der Waals surface area contributed by atoms with Gasteiger partial charge in [-0.2, -0.15) is 13.2 Å². The van der Waals surface area contributed by atoms with Gasteiger partial charge in [-0.15, -0.1) is 0 Å². The van der Waals surface area contributed by atoms with Crippen molar-refractivity contribution in [2.45, 2.75) is 19.2 Å². The molecule has 8 nitrogen and oxygen atoms in total. The average Bonchev–Trinajstić information content (AvgIpc) is 3.27. The topological polar surface area (TPSA) is 108 Å². The number of aromatic amines is 1. The highest BCUT2D eigenvalue weighted by atomic mass is 35.5. The van der Waals surface area contributed by atoms with Gasteiger partial charge in [0.2, 0.25) is 0 Å². The lowest BCUT2D eigenvalue weighted by Crippen LogP contribution is -2.49. The van der Waals surface area contributed by atoms with Crippen LogP contribution in [0.3, 0.4) is 0 Å². The number of amides is 1. The number of thiazole rings is 1. The highest BCUT2D eigenvalue weighted by molar-refractivity contribution is 7.22. The fourth-order valence-corrected chi connectivity index (χ4v) is 4.72. The van der Waals surface area contributed by atoms with Crippen LogP contribution >= 0.6 is 34.5 Å². The zero-order valence-corrected chi connectivity index (χ0v) is 19.0. The monoisotopic (exact) mass is 522 g/mol.